The number of nitrogens with one attached hydrogen (secondary N) is 1. The molecular formula is C20H17BrCl2N8OS. The van der Waals surface area contributed by atoms with Gasteiger partial charge in [0, 0.05) is 43.6 Å². The Hall–Kier alpha value is -2.57. The highest BCUT2D eigenvalue weighted by Gasteiger charge is 2.22. The number of nitrogens with two attached hydrogens (primary N) is 1. The van der Waals surface area contributed by atoms with Crippen molar-refractivity contribution in [3.63, 3.8) is 0 Å². The number of halogens is 3. The van der Waals surface area contributed by atoms with Crippen molar-refractivity contribution in [3.05, 3.63) is 62.4 Å². The van der Waals surface area contributed by atoms with E-state index in [0.717, 1.165) is 0 Å². The molecule has 0 atom stereocenters. The van der Waals surface area contributed by atoms with Crippen LogP contribution < -0.4 is 16.0 Å². The van der Waals surface area contributed by atoms with Gasteiger partial charge in [0.1, 0.15) is 4.60 Å². The summed E-state index contributed by atoms with van der Waals surface area (Å²) < 4.78 is 1.76. The lowest BCUT2D eigenvalue weighted by Gasteiger charge is -2.14. The Labute approximate surface area is 211 Å². The zero-order chi connectivity index (χ0) is 23.7. The average molecular weight is 568 g/mol. The first-order valence-electron chi connectivity index (χ1n) is 9.49. The molecule has 3 N–H and O–H groups in total. The summed E-state index contributed by atoms with van der Waals surface area (Å²) in [6, 6.07) is 6.84. The van der Waals surface area contributed by atoms with E-state index in [1.807, 2.05) is 19.0 Å². The summed E-state index contributed by atoms with van der Waals surface area (Å²) in [6.45, 7) is 0.159. The SMILES string of the molecule is CN(C)c1nnc(-c2cc(Cl)cc(CN)c2NC(=O)c2cn(-c3ncccc3Cl)nc2Br)s1. The first kappa shape index (κ1) is 23.6. The van der Waals surface area contributed by atoms with Crippen LogP contribution in [0.5, 0.6) is 0 Å². The molecule has 13 heteroatoms. The van der Waals surface area contributed by atoms with Crippen LogP contribution >= 0.6 is 50.5 Å². The third-order valence-corrected chi connectivity index (χ3v) is 6.76. The Morgan fingerprint density at radius 1 is 1.30 bits per heavy atom. The maximum Gasteiger partial charge on any atom is 0.260 e. The molecule has 0 spiro atoms. The zero-order valence-electron chi connectivity index (χ0n) is 17.4. The molecule has 0 saturated heterocycles. The lowest BCUT2D eigenvalue weighted by atomic mass is 10.1. The number of carbonyl (C=O) groups is 1. The molecule has 0 aliphatic carbocycles. The molecule has 0 aliphatic rings. The number of anilines is 2. The molecule has 170 valence electrons. The van der Waals surface area contributed by atoms with Gasteiger partial charge in [-0.25, -0.2) is 9.67 Å². The minimum atomic E-state index is -0.407. The van der Waals surface area contributed by atoms with E-state index in [4.69, 9.17) is 28.9 Å². The van der Waals surface area contributed by atoms with Crippen LogP contribution in [0.3, 0.4) is 0 Å². The zero-order valence-corrected chi connectivity index (χ0v) is 21.3. The second-order valence-electron chi connectivity index (χ2n) is 7.02. The number of nitrogens with zero attached hydrogens (tertiary/aromatic N) is 6. The highest BCUT2D eigenvalue weighted by molar-refractivity contribution is 9.10. The van der Waals surface area contributed by atoms with Crippen LogP contribution in [0.25, 0.3) is 16.4 Å². The van der Waals surface area contributed by atoms with Gasteiger partial charge >= 0.3 is 0 Å². The molecule has 9 nitrogen and oxygen atoms in total. The largest absolute Gasteiger partial charge is 0.353 e. The quantitative estimate of drug-likeness (QED) is 0.349. The number of pyridine rings is 1. The molecular weight excluding hydrogens is 551 g/mol. The second kappa shape index (κ2) is 9.74. The summed E-state index contributed by atoms with van der Waals surface area (Å²) in [4.78, 5) is 19.3. The van der Waals surface area contributed by atoms with Gasteiger partial charge in [0.2, 0.25) is 5.13 Å². The van der Waals surface area contributed by atoms with Crippen molar-refractivity contribution in [2.45, 2.75) is 6.54 Å². The Balaban J connectivity index is 1.73. The van der Waals surface area contributed by atoms with Crippen LogP contribution in [0.15, 0.2) is 41.3 Å². The van der Waals surface area contributed by atoms with Gasteiger partial charge in [0.05, 0.1) is 16.3 Å². The van der Waals surface area contributed by atoms with E-state index in [9.17, 15) is 4.79 Å². The minimum Gasteiger partial charge on any atom is -0.353 e. The maximum atomic E-state index is 13.3. The van der Waals surface area contributed by atoms with E-state index in [1.54, 1.807) is 36.7 Å². The van der Waals surface area contributed by atoms with Gasteiger partial charge in [-0.15, -0.1) is 10.2 Å². The van der Waals surface area contributed by atoms with Crippen molar-refractivity contribution < 1.29 is 4.79 Å². The number of rotatable bonds is 6. The van der Waals surface area contributed by atoms with Crippen LogP contribution in [-0.4, -0.2) is 45.0 Å². The number of benzene rings is 1. The van der Waals surface area contributed by atoms with Crippen LogP contribution in [0.1, 0.15) is 15.9 Å². The van der Waals surface area contributed by atoms with Gasteiger partial charge in [0.25, 0.3) is 5.91 Å². The fourth-order valence-corrected chi connectivity index (χ4v) is 4.68. The van der Waals surface area contributed by atoms with E-state index >= 15 is 0 Å². The Morgan fingerprint density at radius 2 is 2.09 bits per heavy atom. The van der Waals surface area contributed by atoms with Gasteiger partial charge in [-0.05, 0) is 45.8 Å². The summed E-state index contributed by atoms with van der Waals surface area (Å²) in [6.07, 6.45) is 3.13. The summed E-state index contributed by atoms with van der Waals surface area (Å²) in [5.41, 5.74) is 8.03. The number of hydrogen-bond acceptors (Lipinski definition) is 8. The monoisotopic (exact) mass is 566 g/mol. The fraction of sp³-hybridized carbons (Fsp3) is 0.150. The number of carbonyl (C=O) groups excluding carboxylic acids is 1. The van der Waals surface area contributed by atoms with Gasteiger partial charge in [-0.2, -0.15) is 5.10 Å². The van der Waals surface area contributed by atoms with Crippen molar-refractivity contribution in [2.24, 2.45) is 5.73 Å². The van der Waals surface area contributed by atoms with E-state index < -0.39 is 5.91 Å². The highest BCUT2D eigenvalue weighted by atomic mass is 79.9. The summed E-state index contributed by atoms with van der Waals surface area (Å²) >= 11 is 17.3. The Kier molecular flexibility index (Phi) is 6.96. The number of amides is 1. The predicted octanol–water partition coefficient (Wildman–Crippen LogP) is 4.63. The Bertz CT molecular complexity index is 1340. The molecule has 3 heterocycles. The standard InChI is InChI=1S/C20H17BrCl2N8OS/c1-30(2)20-28-27-19(33-20)12-7-11(22)6-10(8-24)15(12)26-18(32)13-9-31(29-16(13)21)17-14(23)4-3-5-25-17/h3-7,9H,8,24H2,1-2H3,(H,26,32). The molecule has 0 radical (unpaired) electrons. The van der Waals surface area contributed by atoms with E-state index in [2.05, 4.69) is 41.5 Å². The van der Waals surface area contributed by atoms with Crippen LogP contribution in [0, 0.1) is 0 Å². The summed E-state index contributed by atoms with van der Waals surface area (Å²) in [5, 5.41) is 17.9. The molecule has 0 fully saturated rings. The average Bonchev–Trinajstić information content (AvgIpc) is 3.42. The second-order valence-corrected chi connectivity index (χ2v) is 9.57. The number of hydrogen-bond donors (Lipinski definition) is 2. The third kappa shape index (κ3) is 4.87. The van der Waals surface area contributed by atoms with Crippen molar-refractivity contribution in [3.8, 4) is 16.4 Å². The molecule has 33 heavy (non-hydrogen) atoms. The predicted molar refractivity (Wildman–Crippen MR) is 135 cm³/mol. The molecule has 0 unspecified atom stereocenters. The van der Waals surface area contributed by atoms with Crippen molar-refractivity contribution in [1.29, 1.82) is 0 Å². The number of aromatic nitrogens is 5. The molecule has 1 aromatic carbocycles. The molecule has 0 aliphatic heterocycles. The lowest BCUT2D eigenvalue weighted by molar-refractivity contribution is 0.102. The molecule has 4 aromatic rings. The van der Waals surface area contributed by atoms with Crippen molar-refractivity contribution in [1.82, 2.24) is 25.0 Å². The van der Waals surface area contributed by atoms with Crippen LogP contribution in [0.2, 0.25) is 10.0 Å². The smallest absolute Gasteiger partial charge is 0.260 e. The fourth-order valence-electron chi connectivity index (χ4n) is 2.99. The molecule has 0 saturated carbocycles. The lowest BCUT2D eigenvalue weighted by Crippen LogP contribution is -2.15. The topological polar surface area (TPSA) is 115 Å². The maximum absolute atomic E-state index is 13.3. The molecule has 0 bridgehead atoms. The van der Waals surface area contributed by atoms with Crippen LogP contribution in [0.4, 0.5) is 10.8 Å². The van der Waals surface area contributed by atoms with Gasteiger partial charge in [0.15, 0.2) is 10.8 Å². The highest BCUT2D eigenvalue weighted by Crippen LogP contribution is 2.38. The molecule has 3 aromatic heterocycles. The van der Waals surface area contributed by atoms with Gasteiger partial charge in [-0.3, -0.25) is 4.79 Å². The Morgan fingerprint density at radius 3 is 2.76 bits per heavy atom. The van der Waals surface area contributed by atoms with E-state index in [1.165, 1.54) is 16.0 Å². The van der Waals surface area contributed by atoms with E-state index in [0.29, 0.717) is 47.4 Å². The van der Waals surface area contributed by atoms with Gasteiger partial charge < -0.3 is 16.0 Å². The normalized spacial score (nSPS) is 11.0. The minimum absolute atomic E-state index is 0.159. The summed E-state index contributed by atoms with van der Waals surface area (Å²) in [7, 11) is 3.75. The van der Waals surface area contributed by atoms with Crippen molar-refractivity contribution >= 4 is 67.2 Å². The van der Waals surface area contributed by atoms with Gasteiger partial charge in [-0.1, -0.05) is 34.5 Å². The first-order valence-corrected chi connectivity index (χ1v) is 11.9. The summed E-state index contributed by atoms with van der Waals surface area (Å²) in [5.74, 6) is -0.00498. The van der Waals surface area contributed by atoms with Crippen molar-refractivity contribution in [2.75, 3.05) is 24.3 Å². The molecule has 1 amide bonds. The first-order chi connectivity index (χ1) is 15.8. The van der Waals surface area contributed by atoms with E-state index in [-0.39, 0.29) is 12.1 Å². The van der Waals surface area contributed by atoms with Crippen LogP contribution in [-0.2, 0) is 6.54 Å². The third-order valence-electron chi connectivity index (χ3n) is 4.54. The molecule has 4 rings (SSSR count).